The van der Waals surface area contributed by atoms with Gasteiger partial charge in [0.15, 0.2) is 0 Å². The monoisotopic (exact) mass is 302 g/mol. The lowest BCUT2D eigenvalue weighted by molar-refractivity contribution is 0.227. The van der Waals surface area contributed by atoms with Gasteiger partial charge < -0.3 is 5.11 Å². The molecule has 0 aliphatic rings. The maximum absolute atomic E-state index is 12.2. The smallest absolute Gasteiger partial charge is 0.242 e. The minimum atomic E-state index is -3.90. The van der Waals surface area contributed by atoms with E-state index in [1.807, 2.05) is 6.07 Å². The number of aliphatic hydroxyl groups is 1. The molecule has 2 N–H and O–H groups in total. The van der Waals surface area contributed by atoms with Crippen LogP contribution in [0.1, 0.15) is 19.4 Å². The predicted molar refractivity (Wildman–Crippen MR) is 72.2 cm³/mol. The van der Waals surface area contributed by atoms with Crippen molar-refractivity contribution in [2.24, 2.45) is 5.92 Å². The highest BCUT2D eigenvalue weighted by Crippen LogP contribution is 2.21. The Morgan fingerprint density at radius 1 is 1.47 bits per heavy atom. The Bertz CT molecular complexity index is 593. The zero-order valence-corrected chi connectivity index (χ0v) is 12.2. The van der Waals surface area contributed by atoms with Gasteiger partial charge in [0, 0.05) is 11.1 Å². The van der Waals surface area contributed by atoms with Gasteiger partial charge in [0.1, 0.15) is 11.0 Å². The van der Waals surface area contributed by atoms with E-state index in [1.54, 1.807) is 13.8 Å². The lowest BCUT2D eigenvalue weighted by atomic mass is 10.1. The fourth-order valence-corrected chi connectivity index (χ4v) is 3.25. The van der Waals surface area contributed by atoms with E-state index in [9.17, 15) is 8.42 Å². The second-order valence-corrected chi connectivity index (χ2v) is 6.53. The van der Waals surface area contributed by atoms with Crippen molar-refractivity contribution in [1.82, 2.24) is 4.72 Å². The maximum Gasteiger partial charge on any atom is 0.242 e. The van der Waals surface area contributed by atoms with Gasteiger partial charge in [-0.25, -0.2) is 13.1 Å². The number of rotatable bonds is 5. The van der Waals surface area contributed by atoms with Gasteiger partial charge >= 0.3 is 0 Å². The molecule has 19 heavy (non-hydrogen) atoms. The van der Waals surface area contributed by atoms with E-state index in [0.29, 0.717) is 0 Å². The summed E-state index contributed by atoms with van der Waals surface area (Å²) in [7, 11) is -3.90. The van der Waals surface area contributed by atoms with Crippen molar-refractivity contribution in [3.05, 3.63) is 28.8 Å². The Balaban J connectivity index is 3.21. The zero-order valence-electron chi connectivity index (χ0n) is 10.6. The Morgan fingerprint density at radius 2 is 2.11 bits per heavy atom. The number of nitrogens with zero attached hydrogens (tertiary/aromatic N) is 1. The van der Waals surface area contributed by atoms with Crippen LogP contribution in [0.15, 0.2) is 23.1 Å². The van der Waals surface area contributed by atoms with Crippen LogP contribution in [0.4, 0.5) is 0 Å². The van der Waals surface area contributed by atoms with E-state index >= 15 is 0 Å². The largest absolute Gasteiger partial charge is 0.395 e. The highest BCUT2D eigenvalue weighted by molar-refractivity contribution is 7.89. The average molecular weight is 303 g/mol. The van der Waals surface area contributed by atoms with Crippen molar-refractivity contribution in [3.63, 3.8) is 0 Å². The third kappa shape index (κ3) is 3.91. The first-order valence-electron chi connectivity index (χ1n) is 5.64. The topological polar surface area (TPSA) is 90.2 Å². The molecule has 1 aromatic rings. The van der Waals surface area contributed by atoms with Crippen LogP contribution in [0.5, 0.6) is 0 Å². The second-order valence-electron chi connectivity index (χ2n) is 4.41. The Hall–Kier alpha value is -1.13. The van der Waals surface area contributed by atoms with Crippen molar-refractivity contribution in [1.29, 1.82) is 5.26 Å². The van der Waals surface area contributed by atoms with Crippen LogP contribution in [0.25, 0.3) is 0 Å². The van der Waals surface area contributed by atoms with Gasteiger partial charge in [-0.1, -0.05) is 25.4 Å². The summed E-state index contributed by atoms with van der Waals surface area (Å²) in [5.41, 5.74) is 0.0114. The molecule has 0 aromatic heterocycles. The molecule has 0 heterocycles. The van der Waals surface area contributed by atoms with Gasteiger partial charge in [-0.2, -0.15) is 5.26 Å². The first-order valence-corrected chi connectivity index (χ1v) is 7.50. The molecule has 0 saturated heterocycles. The summed E-state index contributed by atoms with van der Waals surface area (Å²) < 4.78 is 26.8. The van der Waals surface area contributed by atoms with Gasteiger partial charge in [-0.05, 0) is 24.1 Å². The third-order valence-corrected chi connectivity index (χ3v) is 4.43. The summed E-state index contributed by atoms with van der Waals surface area (Å²) in [4.78, 5) is -0.179. The van der Waals surface area contributed by atoms with Gasteiger partial charge in [-0.3, -0.25) is 0 Å². The molecule has 5 nitrogen and oxygen atoms in total. The van der Waals surface area contributed by atoms with Crippen LogP contribution in [0.2, 0.25) is 5.02 Å². The predicted octanol–water partition coefficient (Wildman–Crippen LogP) is 1.51. The van der Waals surface area contributed by atoms with E-state index < -0.39 is 16.1 Å². The van der Waals surface area contributed by atoms with Gasteiger partial charge in [-0.15, -0.1) is 0 Å². The Kier molecular flexibility index (Phi) is 5.32. The van der Waals surface area contributed by atoms with Crippen LogP contribution < -0.4 is 4.72 Å². The van der Waals surface area contributed by atoms with Crippen molar-refractivity contribution in [2.45, 2.75) is 24.8 Å². The molecule has 0 fully saturated rings. The third-order valence-electron chi connectivity index (χ3n) is 2.66. The van der Waals surface area contributed by atoms with Crippen molar-refractivity contribution in [2.75, 3.05) is 6.61 Å². The van der Waals surface area contributed by atoms with E-state index in [-0.39, 0.29) is 28.0 Å². The number of benzene rings is 1. The molecule has 1 aromatic carbocycles. The summed E-state index contributed by atoms with van der Waals surface area (Å²) in [6, 6.07) is 5.21. The summed E-state index contributed by atoms with van der Waals surface area (Å²) >= 11 is 5.76. The molecule has 1 atom stereocenters. The highest BCUT2D eigenvalue weighted by Gasteiger charge is 2.24. The van der Waals surface area contributed by atoms with E-state index in [0.717, 1.165) is 0 Å². The number of hydrogen-bond donors (Lipinski definition) is 2. The number of nitriles is 1. The fourth-order valence-electron chi connectivity index (χ4n) is 1.46. The Labute approximate surface area is 117 Å². The first-order chi connectivity index (χ1) is 8.81. The van der Waals surface area contributed by atoms with Crippen molar-refractivity contribution in [3.8, 4) is 6.07 Å². The molecule has 104 valence electrons. The highest BCUT2D eigenvalue weighted by atomic mass is 35.5. The number of halogens is 1. The van der Waals surface area contributed by atoms with Crippen LogP contribution in [-0.4, -0.2) is 26.2 Å². The standard InChI is InChI=1S/C12H15ClN2O3S/c1-8(2)11(7-16)15-19(17,18)12-5-10(13)4-3-9(12)6-14/h3-5,8,11,15-16H,7H2,1-2H3. The molecule has 7 heteroatoms. The number of sulfonamides is 1. The van der Waals surface area contributed by atoms with Crippen LogP contribution in [0, 0.1) is 17.2 Å². The molecular weight excluding hydrogens is 288 g/mol. The molecule has 1 unspecified atom stereocenters. The van der Waals surface area contributed by atoms with E-state index in [2.05, 4.69) is 4.72 Å². The van der Waals surface area contributed by atoms with Crippen molar-refractivity contribution < 1.29 is 13.5 Å². The molecule has 0 bridgehead atoms. The molecule has 1 rings (SSSR count). The van der Waals surface area contributed by atoms with Gasteiger partial charge in [0.05, 0.1) is 12.2 Å². The average Bonchev–Trinajstić information content (AvgIpc) is 2.35. The quantitative estimate of drug-likeness (QED) is 0.862. The molecule has 0 spiro atoms. The number of nitrogens with one attached hydrogen (secondary N) is 1. The lowest BCUT2D eigenvalue weighted by Crippen LogP contribution is -2.41. The lowest BCUT2D eigenvalue weighted by Gasteiger charge is -2.20. The maximum atomic E-state index is 12.2. The molecule has 0 radical (unpaired) electrons. The van der Waals surface area contributed by atoms with E-state index in [1.165, 1.54) is 18.2 Å². The first kappa shape index (κ1) is 15.9. The minimum Gasteiger partial charge on any atom is -0.395 e. The molecule has 0 saturated carbocycles. The van der Waals surface area contributed by atoms with Gasteiger partial charge in [0.25, 0.3) is 0 Å². The molecular formula is C12H15ClN2O3S. The molecule has 0 amide bonds. The summed E-state index contributed by atoms with van der Waals surface area (Å²) in [5.74, 6) is -0.0792. The summed E-state index contributed by atoms with van der Waals surface area (Å²) in [6.45, 7) is 3.25. The SMILES string of the molecule is CC(C)C(CO)NS(=O)(=O)c1cc(Cl)ccc1C#N. The number of aliphatic hydroxyl groups excluding tert-OH is 1. The normalized spacial score (nSPS) is 13.3. The molecule has 0 aliphatic carbocycles. The van der Waals surface area contributed by atoms with Crippen LogP contribution in [-0.2, 0) is 10.0 Å². The summed E-state index contributed by atoms with van der Waals surface area (Å²) in [5, 5.41) is 18.3. The van der Waals surface area contributed by atoms with Crippen molar-refractivity contribution >= 4 is 21.6 Å². The fraction of sp³-hybridized carbons (Fsp3) is 0.417. The zero-order chi connectivity index (χ0) is 14.6. The second kappa shape index (κ2) is 6.35. The van der Waals surface area contributed by atoms with E-state index in [4.69, 9.17) is 22.0 Å². The number of hydrogen-bond acceptors (Lipinski definition) is 4. The Morgan fingerprint density at radius 3 is 2.58 bits per heavy atom. The van der Waals surface area contributed by atoms with Crippen LogP contribution in [0.3, 0.4) is 0 Å². The summed E-state index contributed by atoms with van der Waals surface area (Å²) in [6.07, 6.45) is 0. The van der Waals surface area contributed by atoms with Gasteiger partial charge in [0.2, 0.25) is 10.0 Å². The van der Waals surface area contributed by atoms with Crippen LogP contribution >= 0.6 is 11.6 Å². The minimum absolute atomic E-state index is 0.0114. The molecule has 0 aliphatic heterocycles.